The van der Waals surface area contributed by atoms with E-state index in [4.69, 9.17) is 0 Å². The summed E-state index contributed by atoms with van der Waals surface area (Å²) in [6.07, 6.45) is 0. The first-order chi connectivity index (χ1) is 5.41. The second-order valence-electron chi connectivity index (χ2n) is 2.79. The Morgan fingerprint density at radius 3 is 2.50 bits per heavy atom. The maximum absolute atomic E-state index is 12.8. The van der Waals surface area contributed by atoms with Gasteiger partial charge in [0, 0.05) is 0 Å². The Hall–Kier alpha value is -0.210. The number of rotatable bonds is 1. The smallest absolute Gasteiger partial charge is 0.227 e. The summed E-state index contributed by atoms with van der Waals surface area (Å²) in [7, 11) is -2.44. The van der Waals surface area contributed by atoms with Crippen molar-refractivity contribution in [3.8, 4) is 0 Å². The molecule has 0 aliphatic carbocycles. The molecule has 0 spiro atoms. The van der Waals surface area contributed by atoms with Crippen molar-refractivity contribution in [2.75, 3.05) is 13.3 Å². The summed E-state index contributed by atoms with van der Waals surface area (Å²) in [5.41, 5.74) is 0.322. The first-order valence-corrected chi connectivity index (χ1v) is 6.68. The molecular weight excluding hydrogens is 244 g/mol. The predicted octanol–water partition coefficient (Wildman–Crippen LogP) is 2.23. The van der Waals surface area contributed by atoms with Crippen LogP contribution in [0.2, 0.25) is 0 Å². The van der Waals surface area contributed by atoms with E-state index in [1.807, 2.05) is 0 Å². The minimum absolute atomic E-state index is 0.291. The van der Waals surface area contributed by atoms with E-state index in [2.05, 4.69) is 20.9 Å². The SMILES string of the molecule is CP(C)(=O)c1ccc(Br)c(F)n1. The third kappa shape index (κ3) is 2.14. The van der Waals surface area contributed by atoms with Crippen LogP contribution < -0.4 is 5.44 Å². The van der Waals surface area contributed by atoms with Gasteiger partial charge in [0.15, 0.2) is 0 Å². The summed E-state index contributed by atoms with van der Waals surface area (Å²) >= 11 is 2.97. The number of aromatic nitrogens is 1. The van der Waals surface area contributed by atoms with Crippen molar-refractivity contribution in [2.45, 2.75) is 0 Å². The quantitative estimate of drug-likeness (QED) is 0.566. The second-order valence-corrected chi connectivity index (χ2v) is 6.81. The number of hydrogen-bond acceptors (Lipinski definition) is 2. The molecule has 0 aliphatic rings. The van der Waals surface area contributed by atoms with Crippen LogP contribution in [0.25, 0.3) is 0 Å². The van der Waals surface area contributed by atoms with Gasteiger partial charge in [-0.05, 0) is 41.4 Å². The zero-order valence-electron chi connectivity index (χ0n) is 6.71. The standard InChI is InChI=1S/C7H8BrFNOP/c1-12(2,11)6-4-3-5(8)7(9)10-6/h3-4H,1-2H3. The van der Waals surface area contributed by atoms with Crippen molar-refractivity contribution in [3.63, 3.8) is 0 Å². The second kappa shape index (κ2) is 3.27. The van der Waals surface area contributed by atoms with Crippen LogP contribution in [-0.4, -0.2) is 18.3 Å². The van der Waals surface area contributed by atoms with Gasteiger partial charge in [0.05, 0.1) is 4.47 Å². The Kier molecular flexibility index (Phi) is 2.69. The fourth-order valence-corrected chi connectivity index (χ4v) is 1.69. The van der Waals surface area contributed by atoms with Gasteiger partial charge in [-0.2, -0.15) is 4.39 Å². The Morgan fingerprint density at radius 2 is 2.08 bits per heavy atom. The van der Waals surface area contributed by atoms with Crippen LogP contribution in [0.15, 0.2) is 16.6 Å². The highest BCUT2D eigenvalue weighted by Crippen LogP contribution is 2.33. The Bertz CT molecular complexity index is 349. The Labute approximate surface area is 78.7 Å². The van der Waals surface area contributed by atoms with Crippen LogP contribution in [0.1, 0.15) is 0 Å². The highest BCUT2D eigenvalue weighted by atomic mass is 79.9. The molecule has 0 atom stereocenters. The van der Waals surface area contributed by atoms with Crippen molar-refractivity contribution in [1.82, 2.24) is 4.98 Å². The van der Waals surface area contributed by atoms with E-state index in [0.717, 1.165) is 0 Å². The minimum Gasteiger partial charge on any atom is -0.318 e. The molecule has 0 amide bonds. The summed E-state index contributed by atoms with van der Waals surface area (Å²) in [6, 6.07) is 3.07. The number of pyridine rings is 1. The van der Waals surface area contributed by atoms with E-state index in [-0.39, 0.29) is 0 Å². The summed E-state index contributed by atoms with van der Waals surface area (Å²) < 4.78 is 24.6. The van der Waals surface area contributed by atoms with Gasteiger partial charge < -0.3 is 4.57 Å². The van der Waals surface area contributed by atoms with Crippen molar-refractivity contribution in [3.05, 3.63) is 22.6 Å². The van der Waals surface area contributed by atoms with Gasteiger partial charge in [-0.25, -0.2) is 4.98 Å². The summed E-state index contributed by atoms with van der Waals surface area (Å²) in [5, 5.41) is 0. The highest BCUT2D eigenvalue weighted by Gasteiger charge is 2.14. The van der Waals surface area contributed by atoms with Crippen molar-refractivity contribution < 1.29 is 8.96 Å². The van der Waals surface area contributed by atoms with Crippen LogP contribution in [0, 0.1) is 5.95 Å². The molecule has 0 N–H and O–H groups in total. The summed E-state index contributed by atoms with van der Waals surface area (Å²) in [4.78, 5) is 3.57. The molecule has 0 unspecified atom stereocenters. The molecule has 1 aromatic heterocycles. The zero-order chi connectivity index (χ0) is 9.35. The van der Waals surface area contributed by atoms with E-state index >= 15 is 0 Å². The number of halogens is 2. The lowest BCUT2D eigenvalue weighted by atomic mass is 10.5. The van der Waals surface area contributed by atoms with Crippen LogP contribution in [0.5, 0.6) is 0 Å². The van der Waals surface area contributed by atoms with E-state index in [1.54, 1.807) is 19.4 Å². The molecule has 0 bridgehead atoms. The maximum Gasteiger partial charge on any atom is 0.227 e. The molecule has 5 heteroatoms. The van der Waals surface area contributed by atoms with Gasteiger partial charge in [-0.15, -0.1) is 0 Å². The lowest BCUT2D eigenvalue weighted by Crippen LogP contribution is -2.09. The molecule has 2 nitrogen and oxygen atoms in total. The monoisotopic (exact) mass is 251 g/mol. The molecule has 1 rings (SSSR count). The van der Waals surface area contributed by atoms with Gasteiger partial charge >= 0.3 is 0 Å². The average Bonchev–Trinajstić information content (AvgIpc) is 1.92. The van der Waals surface area contributed by atoms with Crippen molar-refractivity contribution in [2.24, 2.45) is 0 Å². The summed E-state index contributed by atoms with van der Waals surface area (Å²) in [5.74, 6) is -0.614. The largest absolute Gasteiger partial charge is 0.318 e. The molecule has 0 radical (unpaired) electrons. The maximum atomic E-state index is 12.8. The van der Waals surface area contributed by atoms with Crippen molar-refractivity contribution >= 4 is 28.5 Å². The van der Waals surface area contributed by atoms with E-state index in [9.17, 15) is 8.96 Å². The zero-order valence-corrected chi connectivity index (χ0v) is 9.19. The van der Waals surface area contributed by atoms with Crippen LogP contribution in [0.4, 0.5) is 4.39 Å². The fraction of sp³-hybridized carbons (Fsp3) is 0.286. The average molecular weight is 252 g/mol. The van der Waals surface area contributed by atoms with Gasteiger partial charge in [0.2, 0.25) is 5.95 Å². The lowest BCUT2D eigenvalue weighted by molar-refractivity contribution is 0.573. The van der Waals surface area contributed by atoms with Gasteiger partial charge in [-0.1, -0.05) is 0 Å². The lowest BCUT2D eigenvalue weighted by Gasteiger charge is -2.05. The minimum atomic E-state index is -2.44. The molecule has 0 aromatic carbocycles. The van der Waals surface area contributed by atoms with Gasteiger partial charge in [-0.3, -0.25) is 0 Å². The molecule has 0 saturated carbocycles. The normalized spacial score (nSPS) is 11.7. The summed E-state index contributed by atoms with van der Waals surface area (Å²) in [6.45, 7) is 3.12. The van der Waals surface area contributed by atoms with Crippen LogP contribution in [-0.2, 0) is 4.57 Å². The number of nitrogens with zero attached hydrogens (tertiary/aromatic N) is 1. The van der Waals surface area contributed by atoms with E-state index in [0.29, 0.717) is 9.91 Å². The van der Waals surface area contributed by atoms with Crippen LogP contribution in [0.3, 0.4) is 0 Å². The molecule has 0 fully saturated rings. The third-order valence-corrected chi connectivity index (χ3v) is 3.28. The Balaban J connectivity index is 3.23. The molecule has 66 valence electrons. The van der Waals surface area contributed by atoms with E-state index < -0.39 is 13.1 Å². The molecule has 12 heavy (non-hydrogen) atoms. The topological polar surface area (TPSA) is 30.0 Å². The predicted molar refractivity (Wildman–Crippen MR) is 51.0 cm³/mol. The highest BCUT2D eigenvalue weighted by molar-refractivity contribution is 9.10. The first-order valence-electron chi connectivity index (χ1n) is 3.29. The van der Waals surface area contributed by atoms with Gasteiger partial charge in [0.1, 0.15) is 12.6 Å². The molecule has 1 heterocycles. The van der Waals surface area contributed by atoms with E-state index in [1.165, 1.54) is 6.07 Å². The number of hydrogen-bond donors (Lipinski definition) is 0. The third-order valence-electron chi connectivity index (χ3n) is 1.34. The fourth-order valence-electron chi connectivity index (χ4n) is 0.708. The molecule has 0 aliphatic heterocycles. The van der Waals surface area contributed by atoms with Crippen LogP contribution >= 0.6 is 23.1 Å². The first kappa shape index (κ1) is 9.87. The molecule has 0 saturated heterocycles. The molecular formula is C7H8BrFNOP. The van der Waals surface area contributed by atoms with Gasteiger partial charge in [0.25, 0.3) is 0 Å². The van der Waals surface area contributed by atoms with Crippen molar-refractivity contribution in [1.29, 1.82) is 0 Å². The molecule has 1 aromatic rings. The Morgan fingerprint density at radius 1 is 1.50 bits per heavy atom.